The van der Waals surface area contributed by atoms with Crippen LogP contribution in [0.3, 0.4) is 0 Å². The van der Waals surface area contributed by atoms with Gasteiger partial charge in [0, 0.05) is 28.5 Å². The van der Waals surface area contributed by atoms with Crippen molar-refractivity contribution < 1.29 is 0 Å². The molecule has 0 aliphatic carbocycles. The fourth-order valence-electron chi connectivity index (χ4n) is 2.45. The molecule has 2 aromatic heterocycles. The second-order valence-electron chi connectivity index (χ2n) is 4.88. The van der Waals surface area contributed by atoms with Gasteiger partial charge in [-0.15, -0.1) is 11.3 Å². The largest absolute Gasteiger partial charge is 0.331 e. The molecular weight excluding hydrogens is 266 g/mol. The summed E-state index contributed by atoms with van der Waals surface area (Å²) in [6.07, 6.45) is 3.92. The molecule has 0 amide bonds. The molecule has 0 aliphatic rings. The van der Waals surface area contributed by atoms with E-state index in [2.05, 4.69) is 59.2 Å². The van der Waals surface area contributed by atoms with Gasteiger partial charge >= 0.3 is 0 Å². The van der Waals surface area contributed by atoms with Gasteiger partial charge in [-0.25, -0.2) is 4.98 Å². The van der Waals surface area contributed by atoms with Crippen molar-refractivity contribution in [3.05, 3.63) is 52.9 Å². The van der Waals surface area contributed by atoms with E-state index in [4.69, 9.17) is 0 Å². The normalized spacial score (nSPS) is 11.3. The number of fused-ring (bicyclic) bond motifs is 1. The van der Waals surface area contributed by atoms with E-state index in [1.54, 1.807) is 0 Å². The van der Waals surface area contributed by atoms with E-state index >= 15 is 0 Å². The molecule has 1 aromatic carbocycles. The van der Waals surface area contributed by atoms with Gasteiger partial charge in [0.2, 0.25) is 0 Å². The molecule has 0 bridgehead atoms. The van der Waals surface area contributed by atoms with Gasteiger partial charge in [0.1, 0.15) is 5.82 Å². The number of aryl methyl sites for hydroxylation is 1. The van der Waals surface area contributed by atoms with E-state index in [0.717, 1.165) is 25.5 Å². The third kappa shape index (κ3) is 2.49. The topological polar surface area (TPSA) is 29.9 Å². The Morgan fingerprint density at radius 3 is 2.90 bits per heavy atom. The maximum Gasteiger partial charge on any atom is 0.105 e. The van der Waals surface area contributed by atoms with Gasteiger partial charge < -0.3 is 9.88 Å². The average molecular weight is 285 g/mol. The molecule has 0 aliphatic heterocycles. The third-order valence-electron chi connectivity index (χ3n) is 3.57. The lowest BCUT2D eigenvalue weighted by atomic mass is 10.1. The Balaban J connectivity index is 2.04. The Bertz CT molecular complexity index is 711. The first-order chi connectivity index (χ1) is 9.79. The second kappa shape index (κ2) is 5.77. The van der Waals surface area contributed by atoms with Crippen LogP contribution in [0.4, 0.5) is 0 Å². The number of hydrogen-bond donors (Lipinski definition) is 1. The van der Waals surface area contributed by atoms with E-state index in [9.17, 15) is 0 Å². The summed E-state index contributed by atoms with van der Waals surface area (Å²) in [5, 5.41) is 4.82. The van der Waals surface area contributed by atoms with Gasteiger partial charge in [-0.2, -0.15) is 0 Å². The highest BCUT2D eigenvalue weighted by atomic mass is 32.1. The predicted molar refractivity (Wildman–Crippen MR) is 85.3 cm³/mol. The summed E-state index contributed by atoms with van der Waals surface area (Å²) in [7, 11) is 0. The predicted octanol–water partition coefficient (Wildman–Crippen LogP) is 3.56. The van der Waals surface area contributed by atoms with Crippen molar-refractivity contribution in [2.75, 3.05) is 6.54 Å². The van der Waals surface area contributed by atoms with Gasteiger partial charge in [-0.1, -0.05) is 25.1 Å². The zero-order chi connectivity index (χ0) is 13.9. The van der Waals surface area contributed by atoms with Crippen molar-refractivity contribution in [1.29, 1.82) is 0 Å². The second-order valence-corrected chi connectivity index (χ2v) is 6.02. The number of benzene rings is 1. The van der Waals surface area contributed by atoms with E-state index in [-0.39, 0.29) is 0 Å². The van der Waals surface area contributed by atoms with Crippen LogP contribution in [0.5, 0.6) is 0 Å². The standard InChI is InChI=1S/C16H19N3S/c1-3-17-10-16-14(11-19-9-8-18-12(19)2)13-6-4-5-7-15(13)20-16/h4-9,17H,3,10-11H2,1-2H3. The fraction of sp³-hybridized carbons (Fsp3) is 0.312. The monoisotopic (exact) mass is 285 g/mol. The van der Waals surface area contributed by atoms with Crippen LogP contribution in [-0.4, -0.2) is 16.1 Å². The summed E-state index contributed by atoms with van der Waals surface area (Å²) >= 11 is 1.90. The number of aromatic nitrogens is 2. The molecule has 3 aromatic rings. The van der Waals surface area contributed by atoms with Crippen molar-refractivity contribution in [3.63, 3.8) is 0 Å². The first-order valence-corrected chi connectivity index (χ1v) is 7.79. The Morgan fingerprint density at radius 1 is 1.30 bits per heavy atom. The average Bonchev–Trinajstić information content (AvgIpc) is 3.02. The van der Waals surface area contributed by atoms with Crippen LogP contribution >= 0.6 is 11.3 Å². The molecule has 0 saturated heterocycles. The molecule has 3 rings (SSSR count). The lowest BCUT2D eigenvalue weighted by molar-refractivity contribution is 0.714. The van der Waals surface area contributed by atoms with Crippen molar-refractivity contribution in [2.45, 2.75) is 26.9 Å². The number of imidazole rings is 1. The zero-order valence-corrected chi connectivity index (χ0v) is 12.7. The van der Waals surface area contributed by atoms with Crippen LogP contribution in [0.25, 0.3) is 10.1 Å². The molecule has 20 heavy (non-hydrogen) atoms. The summed E-state index contributed by atoms with van der Waals surface area (Å²) in [4.78, 5) is 5.75. The SMILES string of the molecule is CCNCc1sc2ccccc2c1Cn1ccnc1C. The van der Waals surface area contributed by atoms with Crippen molar-refractivity contribution in [1.82, 2.24) is 14.9 Å². The Labute approximate surface area is 123 Å². The molecule has 3 nitrogen and oxygen atoms in total. The summed E-state index contributed by atoms with van der Waals surface area (Å²) < 4.78 is 3.58. The Hall–Kier alpha value is -1.65. The minimum atomic E-state index is 0.899. The quantitative estimate of drug-likeness (QED) is 0.776. The molecule has 2 heterocycles. The molecule has 0 spiro atoms. The van der Waals surface area contributed by atoms with E-state index in [1.807, 2.05) is 17.5 Å². The van der Waals surface area contributed by atoms with Gasteiger partial charge in [0.25, 0.3) is 0 Å². The number of thiophene rings is 1. The maximum absolute atomic E-state index is 4.32. The highest BCUT2D eigenvalue weighted by molar-refractivity contribution is 7.19. The highest BCUT2D eigenvalue weighted by Crippen LogP contribution is 2.32. The molecule has 104 valence electrons. The van der Waals surface area contributed by atoms with Crippen molar-refractivity contribution >= 4 is 21.4 Å². The number of nitrogens with one attached hydrogen (secondary N) is 1. The summed E-state index contributed by atoms with van der Waals surface area (Å²) in [5.41, 5.74) is 1.42. The number of nitrogens with zero attached hydrogens (tertiary/aromatic N) is 2. The molecule has 0 saturated carbocycles. The van der Waals surface area contributed by atoms with Gasteiger partial charge in [0.15, 0.2) is 0 Å². The lowest BCUT2D eigenvalue weighted by Crippen LogP contribution is -2.12. The van der Waals surface area contributed by atoms with Crippen LogP contribution in [0, 0.1) is 6.92 Å². The van der Waals surface area contributed by atoms with Gasteiger partial charge in [0.05, 0.1) is 6.54 Å². The summed E-state index contributed by atoms with van der Waals surface area (Å²) in [5.74, 6) is 1.06. The van der Waals surface area contributed by atoms with Crippen LogP contribution in [0.15, 0.2) is 36.7 Å². The van der Waals surface area contributed by atoms with E-state index < -0.39 is 0 Å². The smallest absolute Gasteiger partial charge is 0.105 e. The van der Waals surface area contributed by atoms with Gasteiger partial charge in [-0.05, 0) is 30.5 Å². The van der Waals surface area contributed by atoms with Crippen LogP contribution in [-0.2, 0) is 13.1 Å². The lowest BCUT2D eigenvalue weighted by Gasteiger charge is -2.08. The Morgan fingerprint density at radius 2 is 2.15 bits per heavy atom. The third-order valence-corrected chi connectivity index (χ3v) is 4.78. The van der Waals surface area contributed by atoms with Crippen molar-refractivity contribution in [2.24, 2.45) is 0 Å². The summed E-state index contributed by atoms with van der Waals surface area (Å²) in [6, 6.07) is 8.67. The maximum atomic E-state index is 4.32. The van der Waals surface area contributed by atoms with Crippen molar-refractivity contribution in [3.8, 4) is 0 Å². The minimum Gasteiger partial charge on any atom is -0.331 e. The number of hydrogen-bond acceptors (Lipinski definition) is 3. The van der Waals surface area contributed by atoms with Gasteiger partial charge in [-0.3, -0.25) is 0 Å². The zero-order valence-electron chi connectivity index (χ0n) is 11.9. The summed E-state index contributed by atoms with van der Waals surface area (Å²) in [6.45, 7) is 7.04. The van der Waals surface area contributed by atoms with Crippen LogP contribution in [0.2, 0.25) is 0 Å². The first kappa shape index (κ1) is 13.3. The Kier molecular flexibility index (Phi) is 3.85. The first-order valence-electron chi connectivity index (χ1n) is 6.97. The molecule has 4 heteroatoms. The molecular formula is C16H19N3S. The molecule has 0 fully saturated rings. The van der Waals surface area contributed by atoms with Crippen LogP contribution < -0.4 is 5.32 Å². The molecule has 0 atom stereocenters. The van der Waals surface area contributed by atoms with Crippen LogP contribution in [0.1, 0.15) is 23.2 Å². The minimum absolute atomic E-state index is 0.899. The molecule has 0 radical (unpaired) electrons. The molecule has 0 unspecified atom stereocenters. The molecule has 1 N–H and O–H groups in total. The number of rotatable bonds is 5. The van der Waals surface area contributed by atoms with E-state index in [0.29, 0.717) is 0 Å². The highest BCUT2D eigenvalue weighted by Gasteiger charge is 2.12. The van der Waals surface area contributed by atoms with E-state index in [1.165, 1.54) is 20.5 Å². The fourth-order valence-corrected chi connectivity index (χ4v) is 3.63.